The van der Waals surface area contributed by atoms with Crippen LogP contribution in [0, 0.1) is 5.92 Å². The van der Waals surface area contributed by atoms with E-state index in [9.17, 15) is 9.59 Å². The third kappa shape index (κ3) is 9.01. The molecule has 0 rings (SSSR count). The first-order valence-corrected chi connectivity index (χ1v) is 4.78. The van der Waals surface area contributed by atoms with Gasteiger partial charge in [0.2, 0.25) is 0 Å². The molecule has 0 aromatic rings. The molecule has 0 fully saturated rings. The van der Waals surface area contributed by atoms with Gasteiger partial charge in [0, 0.05) is 26.6 Å². The molecule has 3 N–H and O–H groups in total. The second kappa shape index (κ2) is 8.05. The molecule has 0 radical (unpaired) electrons. The molecule has 15 heavy (non-hydrogen) atoms. The van der Waals surface area contributed by atoms with Crippen LogP contribution in [0.4, 0.5) is 4.79 Å². The Morgan fingerprint density at radius 1 is 1.40 bits per heavy atom. The fraction of sp³-hybridized carbons (Fsp3) is 0.778. The zero-order valence-corrected chi connectivity index (χ0v) is 9.08. The Morgan fingerprint density at radius 3 is 2.60 bits per heavy atom. The Hall–Kier alpha value is -1.30. The average molecular weight is 218 g/mol. The lowest BCUT2D eigenvalue weighted by Crippen LogP contribution is -2.39. The van der Waals surface area contributed by atoms with E-state index in [0.717, 1.165) is 0 Å². The van der Waals surface area contributed by atoms with Crippen LogP contribution < -0.4 is 10.6 Å². The largest absolute Gasteiger partial charge is 0.481 e. The van der Waals surface area contributed by atoms with E-state index in [1.54, 1.807) is 14.0 Å². The minimum atomic E-state index is -0.857. The quantitative estimate of drug-likeness (QED) is 0.526. The maximum atomic E-state index is 11.1. The lowest BCUT2D eigenvalue weighted by Gasteiger charge is -2.11. The zero-order valence-electron chi connectivity index (χ0n) is 9.08. The lowest BCUT2D eigenvalue weighted by molar-refractivity contribution is -0.137. The van der Waals surface area contributed by atoms with E-state index >= 15 is 0 Å². The molecule has 0 saturated carbocycles. The summed E-state index contributed by atoms with van der Waals surface area (Å²) in [7, 11) is 1.55. The number of amides is 2. The number of carbonyl (C=O) groups is 2. The van der Waals surface area contributed by atoms with E-state index < -0.39 is 5.97 Å². The van der Waals surface area contributed by atoms with Crippen LogP contribution in [-0.4, -0.2) is 43.9 Å². The molecule has 0 spiro atoms. The fourth-order valence-corrected chi connectivity index (χ4v) is 0.966. The van der Waals surface area contributed by atoms with E-state index in [0.29, 0.717) is 19.7 Å². The third-order valence-electron chi connectivity index (χ3n) is 1.73. The van der Waals surface area contributed by atoms with Crippen molar-refractivity contribution in [1.82, 2.24) is 10.6 Å². The highest BCUT2D eigenvalue weighted by Gasteiger charge is 2.08. The Kier molecular flexibility index (Phi) is 7.35. The molecule has 0 aromatic heterocycles. The molecule has 88 valence electrons. The van der Waals surface area contributed by atoms with Crippen molar-refractivity contribution in [2.45, 2.75) is 13.3 Å². The molecule has 6 heteroatoms. The number of rotatable bonds is 7. The highest BCUT2D eigenvalue weighted by Crippen LogP contribution is 1.98. The normalized spacial score (nSPS) is 11.9. The van der Waals surface area contributed by atoms with Gasteiger partial charge >= 0.3 is 12.0 Å². The molecule has 0 aliphatic heterocycles. The van der Waals surface area contributed by atoms with Crippen molar-refractivity contribution < 1.29 is 19.4 Å². The Balaban J connectivity index is 3.48. The van der Waals surface area contributed by atoms with Crippen LogP contribution in [0.1, 0.15) is 13.3 Å². The summed E-state index contributed by atoms with van der Waals surface area (Å²) in [5.41, 5.74) is 0. The van der Waals surface area contributed by atoms with Crippen LogP contribution in [0.25, 0.3) is 0 Å². The maximum absolute atomic E-state index is 11.1. The monoisotopic (exact) mass is 218 g/mol. The van der Waals surface area contributed by atoms with Gasteiger partial charge < -0.3 is 20.5 Å². The van der Waals surface area contributed by atoms with Gasteiger partial charge in [0.05, 0.1) is 6.61 Å². The predicted molar refractivity (Wildman–Crippen MR) is 54.7 cm³/mol. The molecule has 6 nitrogen and oxygen atoms in total. The summed E-state index contributed by atoms with van der Waals surface area (Å²) < 4.78 is 4.75. The fourth-order valence-electron chi connectivity index (χ4n) is 0.966. The number of urea groups is 1. The van der Waals surface area contributed by atoms with E-state index in [1.807, 2.05) is 0 Å². The van der Waals surface area contributed by atoms with Gasteiger partial charge in [-0.15, -0.1) is 0 Å². The van der Waals surface area contributed by atoms with Crippen molar-refractivity contribution in [2.24, 2.45) is 5.92 Å². The topological polar surface area (TPSA) is 87.7 Å². The second-order valence-electron chi connectivity index (χ2n) is 3.33. The standard InChI is InChI=1S/C9H18N2O4/c1-7(5-8(12)13)6-11-9(14)10-3-4-15-2/h7H,3-6H2,1-2H3,(H,12,13)(H2,10,11,14). The summed E-state index contributed by atoms with van der Waals surface area (Å²) in [6.45, 7) is 3.02. The molecule has 0 aliphatic carbocycles. The second-order valence-corrected chi connectivity index (χ2v) is 3.33. The summed E-state index contributed by atoms with van der Waals surface area (Å²) in [6, 6.07) is -0.302. The average Bonchev–Trinajstić information content (AvgIpc) is 2.14. The molecule has 0 aromatic carbocycles. The minimum Gasteiger partial charge on any atom is -0.481 e. The molecule has 0 heterocycles. The molecule has 2 amide bonds. The van der Waals surface area contributed by atoms with Crippen LogP contribution in [0.2, 0.25) is 0 Å². The van der Waals surface area contributed by atoms with Crippen LogP contribution >= 0.6 is 0 Å². The molecule has 1 atom stereocenters. The Bertz CT molecular complexity index is 208. The van der Waals surface area contributed by atoms with E-state index in [1.165, 1.54) is 0 Å². The first-order chi connectivity index (χ1) is 7.06. The number of carboxylic acids is 1. The highest BCUT2D eigenvalue weighted by molar-refractivity contribution is 5.73. The first-order valence-electron chi connectivity index (χ1n) is 4.78. The van der Waals surface area contributed by atoms with Gasteiger partial charge in [-0.25, -0.2) is 4.79 Å². The van der Waals surface area contributed by atoms with Gasteiger partial charge in [-0.3, -0.25) is 4.79 Å². The third-order valence-corrected chi connectivity index (χ3v) is 1.73. The van der Waals surface area contributed by atoms with Gasteiger partial charge in [-0.05, 0) is 5.92 Å². The molecule has 0 bridgehead atoms. The highest BCUT2D eigenvalue weighted by atomic mass is 16.5. The van der Waals surface area contributed by atoms with Gasteiger partial charge in [0.1, 0.15) is 0 Å². The Labute approximate surface area is 89.0 Å². The van der Waals surface area contributed by atoms with E-state index in [2.05, 4.69) is 10.6 Å². The number of aliphatic carboxylic acids is 1. The maximum Gasteiger partial charge on any atom is 0.314 e. The lowest BCUT2D eigenvalue weighted by atomic mass is 10.1. The smallest absolute Gasteiger partial charge is 0.314 e. The van der Waals surface area contributed by atoms with Crippen molar-refractivity contribution in [3.8, 4) is 0 Å². The van der Waals surface area contributed by atoms with Crippen LogP contribution in [0.5, 0.6) is 0 Å². The number of carbonyl (C=O) groups excluding carboxylic acids is 1. The van der Waals surface area contributed by atoms with E-state index in [-0.39, 0.29) is 18.4 Å². The van der Waals surface area contributed by atoms with Gasteiger partial charge in [0.15, 0.2) is 0 Å². The summed E-state index contributed by atoms with van der Waals surface area (Å²) in [5, 5.41) is 13.6. The molecule has 0 aliphatic rings. The number of methoxy groups -OCH3 is 1. The van der Waals surface area contributed by atoms with Crippen molar-refractivity contribution in [2.75, 3.05) is 26.8 Å². The van der Waals surface area contributed by atoms with Crippen molar-refractivity contribution in [1.29, 1.82) is 0 Å². The minimum absolute atomic E-state index is 0.0539. The first kappa shape index (κ1) is 13.7. The summed E-state index contributed by atoms with van der Waals surface area (Å²) in [5.74, 6) is -0.931. The van der Waals surface area contributed by atoms with Crippen molar-refractivity contribution >= 4 is 12.0 Å². The van der Waals surface area contributed by atoms with Crippen molar-refractivity contribution in [3.05, 3.63) is 0 Å². The SMILES string of the molecule is COCCNC(=O)NCC(C)CC(=O)O. The number of carboxylic acid groups (broad SMARTS) is 1. The number of hydrogen-bond donors (Lipinski definition) is 3. The number of nitrogens with one attached hydrogen (secondary N) is 2. The number of ether oxygens (including phenoxy) is 1. The summed E-state index contributed by atoms with van der Waals surface area (Å²) in [4.78, 5) is 21.4. The van der Waals surface area contributed by atoms with Gasteiger partial charge in [-0.2, -0.15) is 0 Å². The zero-order chi connectivity index (χ0) is 11.7. The van der Waals surface area contributed by atoms with Gasteiger partial charge in [-0.1, -0.05) is 6.92 Å². The van der Waals surface area contributed by atoms with Crippen LogP contribution in [0.15, 0.2) is 0 Å². The molecule has 0 saturated heterocycles. The van der Waals surface area contributed by atoms with Gasteiger partial charge in [0.25, 0.3) is 0 Å². The van der Waals surface area contributed by atoms with Crippen molar-refractivity contribution in [3.63, 3.8) is 0 Å². The number of hydrogen-bond acceptors (Lipinski definition) is 3. The Morgan fingerprint density at radius 2 is 2.07 bits per heavy atom. The predicted octanol–water partition coefficient (Wildman–Crippen LogP) is 0.0428. The molecular formula is C9H18N2O4. The van der Waals surface area contributed by atoms with Crippen LogP contribution in [-0.2, 0) is 9.53 Å². The van der Waals surface area contributed by atoms with E-state index in [4.69, 9.17) is 9.84 Å². The molecule has 1 unspecified atom stereocenters. The summed E-state index contributed by atoms with van der Waals surface area (Å²) in [6.07, 6.45) is 0.0539. The molecular weight excluding hydrogens is 200 g/mol. The van der Waals surface area contributed by atoms with Crippen LogP contribution in [0.3, 0.4) is 0 Å². The summed E-state index contributed by atoms with van der Waals surface area (Å²) >= 11 is 0.